The Morgan fingerprint density at radius 3 is 1.89 bits per heavy atom. The summed E-state index contributed by atoms with van der Waals surface area (Å²) in [5.41, 5.74) is -0.0126. The second kappa shape index (κ2) is 9.43. The first-order chi connectivity index (χ1) is 8.90. The minimum absolute atomic E-state index is 0.0126. The number of methoxy groups -OCH3 is 2. The molecule has 0 saturated carbocycles. The SMILES string of the molecule is COC(C)[NH2+]C(C)OC.O=C([O-])c1ccc(F)cc1. The van der Waals surface area contributed by atoms with Crippen molar-refractivity contribution in [2.75, 3.05) is 14.2 Å². The molecule has 1 aromatic carbocycles. The highest BCUT2D eigenvalue weighted by molar-refractivity contribution is 5.85. The van der Waals surface area contributed by atoms with Gasteiger partial charge >= 0.3 is 0 Å². The number of benzene rings is 1. The van der Waals surface area contributed by atoms with Crippen LogP contribution in [0.2, 0.25) is 0 Å². The largest absolute Gasteiger partial charge is 0.545 e. The predicted octanol–water partition coefficient (Wildman–Crippen LogP) is -0.276. The number of quaternary nitrogens is 1. The topological polar surface area (TPSA) is 75.2 Å². The Morgan fingerprint density at radius 1 is 1.16 bits per heavy atom. The third-order valence-electron chi connectivity index (χ3n) is 2.37. The maximum Gasteiger partial charge on any atom is 0.188 e. The van der Waals surface area contributed by atoms with Crippen LogP contribution in [0.15, 0.2) is 24.3 Å². The fourth-order valence-corrected chi connectivity index (χ4v) is 1.12. The zero-order valence-electron chi connectivity index (χ0n) is 11.6. The molecule has 1 rings (SSSR count). The van der Waals surface area contributed by atoms with E-state index in [9.17, 15) is 14.3 Å². The van der Waals surface area contributed by atoms with Crippen LogP contribution < -0.4 is 10.4 Å². The Morgan fingerprint density at radius 2 is 1.58 bits per heavy atom. The van der Waals surface area contributed by atoms with Crippen molar-refractivity contribution in [2.24, 2.45) is 0 Å². The first-order valence-electron chi connectivity index (χ1n) is 5.78. The average Bonchev–Trinajstić information content (AvgIpc) is 2.39. The fourth-order valence-electron chi connectivity index (χ4n) is 1.12. The van der Waals surface area contributed by atoms with Gasteiger partial charge in [-0.2, -0.15) is 0 Å². The molecule has 2 N–H and O–H groups in total. The summed E-state index contributed by atoms with van der Waals surface area (Å²) >= 11 is 0. The number of ether oxygens (including phenoxy) is 2. The van der Waals surface area contributed by atoms with Crippen LogP contribution in [-0.4, -0.2) is 32.6 Å². The van der Waals surface area contributed by atoms with Crippen molar-refractivity contribution in [1.29, 1.82) is 0 Å². The normalized spacial score (nSPS) is 13.1. The number of nitrogens with two attached hydrogens (primary N) is 1. The van der Waals surface area contributed by atoms with E-state index in [1.54, 1.807) is 14.2 Å². The highest BCUT2D eigenvalue weighted by Crippen LogP contribution is 2.00. The summed E-state index contributed by atoms with van der Waals surface area (Å²) in [4.78, 5) is 10.1. The van der Waals surface area contributed by atoms with Crippen LogP contribution in [0.25, 0.3) is 0 Å². The minimum atomic E-state index is -1.29. The van der Waals surface area contributed by atoms with Crippen molar-refractivity contribution >= 4 is 5.97 Å². The van der Waals surface area contributed by atoms with Crippen molar-refractivity contribution in [3.8, 4) is 0 Å². The van der Waals surface area contributed by atoms with Crippen LogP contribution in [0.4, 0.5) is 4.39 Å². The maximum atomic E-state index is 12.1. The molecular weight excluding hydrogens is 253 g/mol. The molecule has 0 radical (unpaired) electrons. The lowest BCUT2D eigenvalue weighted by atomic mass is 10.2. The van der Waals surface area contributed by atoms with Gasteiger partial charge in [0.1, 0.15) is 5.82 Å². The molecule has 108 valence electrons. The molecule has 0 aliphatic carbocycles. The monoisotopic (exact) mass is 273 g/mol. The van der Waals surface area contributed by atoms with Crippen LogP contribution in [0.5, 0.6) is 0 Å². The summed E-state index contributed by atoms with van der Waals surface area (Å²) < 4.78 is 22.1. The standard InChI is InChI=1S/C7H5FO2.C6H15NO2/c8-6-3-1-5(2-4-6)7(9)10;1-5(8-3)7-6(2)9-4/h1-4H,(H,9,10);5-7H,1-4H3. The van der Waals surface area contributed by atoms with Crippen LogP contribution in [-0.2, 0) is 9.47 Å². The number of carbonyl (C=O) groups excluding carboxylic acids is 1. The van der Waals surface area contributed by atoms with Gasteiger partial charge in [-0.05, 0) is 17.7 Å². The summed E-state index contributed by atoms with van der Waals surface area (Å²) in [5, 5.41) is 12.1. The number of rotatable bonds is 5. The van der Waals surface area contributed by atoms with Gasteiger partial charge in [0.15, 0.2) is 12.5 Å². The highest BCUT2D eigenvalue weighted by Gasteiger charge is 2.06. The Hall–Kier alpha value is -1.50. The van der Waals surface area contributed by atoms with Crippen molar-refractivity contribution in [3.05, 3.63) is 35.6 Å². The molecule has 1 aromatic rings. The number of hydrogen-bond acceptors (Lipinski definition) is 4. The van der Waals surface area contributed by atoms with Gasteiger partial charge in [-0.3, -0.25) is 5.32 Å². The highest BCUT2D eigenvalue weighted by atomic mass is 19.1. The summed E-state index contributed by atoms with van der Waals surface area (Å²) in [6.45, 7) is 3.96. The van der Waals surface area contributed by atoms with Gasteiger partial charge in [-0.15, -0.1) is 0 Å². The van der Waals surface area contributed by atoms with Gasteiger partial charge in [-0.25, -0.2) is 4.39 Å². The number of carboxylic acid groups (broad SMARTS) is 1. The molecule has 0 aliphatic rings. The third-order valence-corrected chi connectivity index (χ3v) is 2.37. The molecule has 6 heteroatoms. The van der Waals surface area contributed by atoms with E-state index in [0.29, 0.717) is 0 Å². The second-order valence-corrected chi connectivity index (χ2v) is 3.87. The summed E-state index contributed by atoms with van der Waals surface area (Å²) in [6.07, 6.45) is 0.361. The molecule has 0 amide bonds. The van der Waals surface area contributed by atoms with Crippen molar-refractivity contribution < 1.29 is 29.1 Å². The Bertz CT molecular complexity index is 361. The molecule has 2 atom stereocenters. The van der Waals surface area contributed by atoms with Gasteiger partial charge in [-0.1, -0.05) is 12.1 Å². The van der Waals surface area contributed by atoms with E-state index in [-0.39, 0.29) is 18.0 Å². The lowest BCUT2D eigenvalue weighted by molar-refractivity contribution is -0.777. The summed E-state index contributed by atoms with van der Waals surface area (Å²) in [5.74, 6) is -1.75. The summed E-state index contributed by atoms with van der Waals surface area (Å²) in [6, 6.07) is 4.46. The molecule has 2 unspecified atom stereocenters. The number of aromatic carboxylic acids is 1. The molecule has 0 aromatic heterocycles. The van der Waals surface area contributed by atoms with Crippen molar-refractivity contribution in [3.63, 3.8) is 0 Å². The van der Waals surface area contributed by atoms with Gasteiger partial charge < -0.3 is 19.4 Å². The van der Waals surface area contributed by atoms with E-state index < -0.39 is 11.8 Å². The van der Waals surface area contributed by atoms with Crippen molar-refractivity contribution in [1.82, 2.24) is 0 Å². The molecular formula is C13H20FNO4. The van der Waals surface area contributed by atoms with Gasteiger partial charge in [0.05, 0.1) is 5.97 Å². The van der Waals surface area contributed by atoms with Crippen LogP contribution in [0, 0.1) is 5.82 Å². The number of hydrogen-bond donors (Lipinski definition) is 1. The van der Waals surface area contributed by atoms with Crippen LogP contribution >= 0.6 is 0 Å². The molecule has 0 fully saturated rings. The minimum Gasteiger partial charge on any atom is -0.545 e. The predicted molar refractivity (Wildman–Crippen MR) is 65.6 cm³/mol. The van der Waals surface area contributed by atoms with E-state index in [2.05, 4.69) is 0 Å². The van der Waals surface area contributed by atoms with E-state index in [0.717, 1.165) is 24.3 Å². The smallest absolute Gasteiger partial charge is 0.188 e. The molecule has 0 heterocycles. The second-order valence-electron chi connectivity index (χ2n) is 3.87. The molecule has 19 heavy (non-hydrogen) atoms. The zero-order chi connectivity index (χ0) is 14.8. The maximum absolute atomic E-state index is 12.1. The lowest BCUT2D eigenvalue weighted by Gasteiger charge is -2.12. The number of halogens is 1. The lowest BCUT2D eigenvalue weighted by Crippen LogP contribution is -2.94. The fraction of sp³-hybridized carbons (Fsp3) is 0.462. The van der Waals surface area contributed by atoms with E-state index in [4.69, 9.17) is 9.47 Å². The van der Waals surface area contributed by atoms with Crippen LogP contribution in [0.3, 0.4) is 0 Å². The van der Waals surface area contributed by atoms with Gasteiger partial charge in [0.2, 0.25) is 0 Å². The number of carboxylic acids is 1. The van der Waals surface area contributed by atoms with Crippen molar-refractivity contribution in [2.45, 2.75) is 26.3 Å². The molecule has 0 spiro atoms. The van der Waals surface area contributed by atoms with E-state index >= 15 is 0 Å². The average molecular weight is 273 g/mol. The number of carbonyl (C=O) groups is 1. The Balaban J connectivity index is 0.000000344. The first kappa shape index (κ1) is 17.5. The van der Waals surface area contributed by atoms with Gasteiger partial charge in [0.25, 0.3) is 0 Å². The molecule has 0 bridgehead atoms. The van der Waals surface area contributed by atoms with Crippen LogP contribution in [0.1, 0.15) is 24.2 Å². The Kier molecular flexibility index (Phi) is 8.69. The third kappa shape index (κ3) is 8.25. The zero-order valence-corrected chi connectivity index (χ0v) is 11.6. The first-order valence-corrected chi connectivity index (χ1v) is 5.78. The summed E-state index contributed by atoms with van der Waals surface area (Å²) in [7, 11) is 3.37. The Labute approximate surface area is 112 Å². The molecule has 0 aliphatic heterocycles. The molecule has 5 nitrogen and oxygen atoms in total. The van der Waals surface area contributed by atoms with E-state index in [1.807, 2.05) is 19.2 Å². The molecule has 0 saturated heterocycles. The van der Waals surface area contributed by atoms with E-state index in [1.165, 1.54) is 0 Å². The van der Waals surface area contributed by atoms with Gasteiger partial charge in [0, 0.05) is 28.1 Å². The quantitative estimate of drug-likeness (QED) is 0.749.